The second-order valence-corrected chi connectivity index (χ2v) is 7.85. The van der Waals surface area contributed by atoms with Gasteiger partial charge in [-0.1, -0.05) is 32.1 Å². The Morgan fingerprint density at radius 1 is 1.52 bits per heavy atom. The minimum Gasteiger partial charge on any atom is -0.461 e. The monoisotopic (exact) mass is 348 g/mol. The van der Waals surface area contributed by atoms with Gasteiger partial charge in [-0.15, -0.1) is 0 Å². The molecule has 0 saturated carbocycles. The lowest BCUT2D eigenvalue weighted by atomic mass is 9.82. The highest BCUT2D eigenvalue weighted by Crippen LogP contribution is 2.50. The van der Waals surface area contributed by atoms with Crippen LogP contribution in [-0.2, 0) is 23.8 Å². The molecule has 0 aromatic heterocycles. The third-order valence-electron chi connectivity index (χ3n) is 5.84. The number of allylic oxidation sites excluding steroid dienone is 1. The zero-order chi connectivity index (χ0) is 18.4. The standard InChI is InChI=1S/C20H28O5/c1-6-12(3)18(21)23-14-10-11(2)8-7-9-20(5)17(25-20)16-15(14)13(4)19(22)24-16/h8,12,14-17H,4,6-7,9-10H2,1-3,5H3/b11-8+/t12-,14+,15-,16-,17+,20+/m1/s1. The van der Waals surface area contributed by atoms with Crippen molar-refractivity contribution in [2.24, 2.45) is 11.8 Å². The molecule has 0 unspecified atom stereocenters. The van der Waals surface area contributed by atoms with Crippen LogP contribution in [0.15, 0.2) is 23.8 Å². The smallest absolute Gasteiger partial charge is 0.334 e. The SMILES string of the molecule is C=C1C(=O)O[C@@H]2[C@H]1[C@@H](OC(=O)[C@H](C)CC)C/C(C)=C/CC[C@]1(C)O[C@@H]21. The molecule has 0 aromatic carbocycles. The molecule has 0 N–H and O–H groups in total. The minimum atomic E-state index is -0.451. The third-order valence-corrected chi connectivity index (χ3v) is 5.84. The van der Waals surface area contributed by atoms with E-state index in [9.17, 15) is 9.59 Å². The van der Waals surface area contributed by atoms with E-state index in [1.165, 1.54) is 0 Å². The Bertz CT molecular complexity index is 622. The highest BCUT2D eigenvalue weighted by atomic mass is 16.6. The first-order valence-electron chi connectivity index (χ1n) is 9.20. The Morgan fingerprint density at radius 3 is 2.92 bits per heavy atom. The molecule has 2 saturated heterocycles. The summed E-state index contributed by atoms with van der Waals surface area (Å²) in [6, 6.07) is 0. The normalized spacial score (nSPS) is 40.9. The van der Waals surface area contributed by atoms with Gasteiger partial charge in [-0.3, -0.25) is 4.79 Å². The fourth-order valence-electron chi connectivity index (χ4n) is 3.84. The Hall–Kier alpha value is -1.62. The molecule has 2 fully saturated rings. The van der Waals surface area contributed by atoms with Crippen LogP contribution in [0, 0.1) is 11.8 Å². The lowest BCUT2D eigenvalue weighted by Crippen LogP contribution is -2.39. The Balaban J connectivity index is 1.91. The van der Waals surface area contributed by atoms with Gasteiger partial charge >= 0.3 is 11.9 Å². The molecule has 5 nitrogen and oxygen atoms in total. The first-order chi connectivity index (χ1) is 11.8. The van der Waals surface area contributed by atoms with Crippen LogP contribution in [-0.4, -0.2) is 35.9 Å². The van der Waals surface area contributed by atoms with Crippen molar-refractivity contribution < 1.29 is 23.8 Å². The van der Waals surface area contributed by atoms with Gasteiger partial charge < -0.3 is 14.2 Å². The van der Waals surface area contributed by atoms with Crippen LogP contribution in [0.2, 0.25) is 0 Å². The predicted octanol–water partition coefficient (Wildman–Crippen LogP) is 3.33. The number of hydrogen-bond acceptors (Lipinski definition) is 5. The molecule has 2 aliphatic heterocycles. The highest BCUT2D eigenvalue weighted by Gasteiger charge is 2.63. The van der Waals surface area contributed by atoms with Gasteiger partial charge in [0.05, 0.1) is 17.4 Å². The van der Waals surface area contributed by atoms with Crippen molar-refractivity contribution in [3.63, 3.8) is 0 Å². The molecule has 3 rings (SSSR count). The lowest BCUT2D eigenvalue weighted by molar-refractivity contribution is -0.157. The lowest BCUT2D eigenvalue weighted by Gasteiger charge is -2.29. The number of ether oxygens (including phenoxy) is 3. The molecule has 0 amide bonds. The number of rotatable bonds is 3. The number of hydrogen-bond donors (Lipinski definition) is 0. The number of esters is 2. The zero-order valence-corrected chi connectivity index (χ0v) is 15.5. The van der Waals surface area contributed by atoms with Crippen molar-refractivity contribution in [1.82, 2.24) is 0 Å². The second kappa shape index (κ2) is 6.60. The largest absolute Gasteiger partial charge is 0.461 e. The van der Waals surface area contributed by atoms with Gasteiger partial charge in [-0.2, -0.15) is 0 Å². The van der Waals surface area contributed by atoms with Crippen molar-refractivity contribution in [1.29, 1.82) is 0 Å². The van der Waals surface area contributed by atoms with Gasteiger partial charge in [-0.25, -0.2) is 4.79 Å². The molecule has 0 radical (unpaired) electrons. The maximum atomic E-state index is 12.4. The van der Waals surface area contributed by atoms with E-state index in [4.69, 9.17) is 14.2 Å². The fourth-order valence-corrected chi connectivity index (χ4v) is 3.84. The molecule has 138 valence electrons. The average Bonchev–Trinajstić information content (AvgIpc) is 3.13. The predicted molar refractivity (Wildman–Crippen MR) is 92.7 cm³/mol. The van der Waals surface area contributed by atoms with E-state index in [0.717, 1.165) is 18.4 Å². The molecule has 5 heteroatoms. The van der Waals surface area contributed by atoms with Gasteiger partial charge in [0.2, 0.25) is 0 Å². The van der Waals surface area contributed by atoms with Crippen molar-refractivity contribution in [3.05, 3.63) is 23.8 Å². The number of carbonyl (C=O) groups is 2. The van der Waals surface area contributed by atoms with Crippen molar-refractivity contribution in [2.75, 3.05) is 0 Å². The summed E-state index contributed by atoms with van der Waals surface area (Å²) in [7, 11) is 0. The molecule has 2 heterocycles. The summed E-state index contributed by atoms with van der Waals surface area (Å²) in [5.41, 5.74) is 1.25. The summed E-state index contributed by atoms with van der Waals surface area (Å²) >= 11 is 0. The van der Waals surface area contributed by atoms with E-state index in [1.807, 2.05) is 20.8 Å². The van der Waals surface area contributed by atoms with Gasteiger partial charge in [0.25, 0.3) is 0 Å². The van der Waals surface area contributed by atoms with Crippen molar-refractivity contribution in [2.45, 2.75) is 77.3 Å². The molecule has 0 aromatic rings. The van der Waals surface area contributed by atoms with E-state index in [0.29, 0.717) is 18.4 Å². The number of carbonyl (C=O) groups excluding carboxylic acids is 2. The van der Waals surface area contributed by atoms with Crippen molar-refractivity contribution >= 4 is 11.9 Å². The van der Waals surface area contributed by atoms with E-state index in [1.54, 1.807) is 0 Å². The van der Waals surface area contributed by atoms with Crippen LogP contribution >= 0.6 is 0 Å². The van der Waals surface area contributed by atoms with Crippen LogP contribution < -0.4 is 0 Å². The molecule has 3 aliphatic rings. The van der Waals surface area contributed by atoms with Gasteiger partial charge in [-0.05, 0) is 33.1 Å². The van der Waals surface area contributed by atoms with Crippen molar-refractivity contribution in [3.8, 4) is 0 Å². The molecule has 1 aliphatic carbocycles. The zero-order valence-electron chi connectivity index (χ0n) is 15.5. The van der Waals surface area contributed by atoms with Gasteiger partial charge in [0.15, 0.2) is 0 Å². The molecule has 0 spiro atoms. The summed E-state index contributed by atoms with van der Waals surface area (Å²) in [6.07, 6.45) is 4.24. The van der Waals surface area contributed by atoms with E-state index < -0.39 is 18.2 Å². The fraction of sp³-hybridized carbons (Fsp3) is 0.700. The van der Waals surface area contributed by atoms with Gasteiger partial charge in [0, 0.05) is 12.0 Å². The van der Waals surface area contributed by atoms with E-state index >= 15 is 0 Å². The van der Waals surface area contributed by atoms with Crippen LogP contribution in [0.1, 0.15) is 53.4 Å². The summed E-state index contributed by atoms with van der Waals surface area (Å²) in [4.78, 5) is 24.6. The molecule has 0 bridgehead atoms. The summed E-state index contributed by atoms with van der Waals surface area (Å²) in [6.45, 7) is 11.8. The van der Waals surface area contributed by atoms with Gasteiger partial charge in [0.1, 0.15) is 18.3 Å². The van der Waals surface area contributed by atoms with Crippen LogP contribution in [0.25, 0.3) is 0 Å². The molecule has 25 heavy (non-hydrogen) atoms. The highest BCUT2D eigenvalue weighted by molar-refractivity contribution is 5.91. The van der Waals surface area contributed by atoms with Crippen LogP contribution in [0.4, 0.5) is 0 Å². The number of epoxide rings is 1. The Kier molecular flexibility index (Phi) is 4.80. The molecular formula is C20H28O5. The molecule has 6 atom stereocenters. The maximum Gasteiger partial charge on any atom is 0.334 e. The minimum absolute atomic E-state index is 0.155. The summed E-state index contributed by atoms with van der Waals surface area (Å²) in [5.74, 6) is -1.17. The summed E-state index contributed by atoms with van der Waals surface area (Å²) in [5, 5.41) is 0. The topological polar surface area (TPSA) is 65.1 Å². The Morgan fingerprint density at radius 2 is 2.24 bits per heavy atom. The average molecular weight is 348 g/mol. The first-order valence-corrected chi connectivity index (χ1v) is 9.20. The van der Waals surface area contributed by atoms with E-state index in [-0.39, 0.29) is 29.5 Å². The third kappa shape index (κ3) is 3.39. The second-order valence-electron chi connectivity index (χ2n) is 7.85. The number of fused-ring (bicyclic) bond motifs is 3. The first kappa shape index (κ1) is 18.2. The van der Waals surface area contributed by atoms with E-state index in [2.05, 4.69) is 19.6 Å². The molecular weight excluding hydrogens is 320 g/mol. The maximum absolute atomic E-state index is 12.4. The summed E-state index contributed by atoms with van der Waals surface area (Å²) < 4.78 is 17.4. The van der Waals surface area contributed by atoms with Crippen LogP contribution in [0.5, 0.6) is 0 Å². The quantitative estimate of drug-likeness (QED) is 0.339. The Labute approximate surface area is 149 Å². The van der Waals surface area contributed by atoms with Crippen LogP contribution in [0.3, 0.4) is 0 Å².